The molecule has 1 aromatic heterocycles. The van der Waals surface area contributed by atoms with E-state index in [1.165, 1.54) is 11.1 Å². The quantitative estimate of drug-likeness (QED) is 0.460. The minimum absolute atomic E-state index is 0.0993. The van der Waals surface area contributed by atoms with Crippen molar-refractivity contribution < 1.29 is 9.53 Å². The summed E-state index contributed by atoms with van der Waals surface area (Å²) < 4.78 is 5.99. The van der Waals surface area contributed by atoms with Gasteiger partial charge in [-0.3, -0.25) is 4.79 Å². The van der Waals surface area contributed by atoms with E-state index in [4.69, 9.17) is 16.3 Å². The Hall–Kier alpha value is -2.85. The predicted octanol–water partition coefficient (Wildman–Crippen LogP) is 5.81. The molecular weight excluding hydrogens is 408 g/mol. The van der Waals surface area contributed by atoms with Crippen LogP contribution in [0.1, 0.15) is 44.2 Å². The van der Waals surface area contributed by atoms with Crippen molar-refractivity contribution in [1.82, 2.24) is 10.3 Å². The first-order valence-electron chi connectivity index (χ1n) is 10.6. The maximum absolute atomic E-state index is 13.3. The number of hydrogen-bond acceptors (Lipinski definition) is 3. The lowest BCUT2D eigenvalue weighted by molar-refractivity contribution is -0.136. The highest BCUT2D eigenvalue weighted by Gasteiger charge is 2.36. The van der Waals surface area contributed by atoms with E-state index in [9.17, 15) is 4.79 Å². The molecule has 0 aliphatic carbocycles. The number of nitrogens with zero attached hydrogens (tertiary/aromatic N) is 1. The lowest BCUT2D eigenvalue weighted by atomic mass is 9.86. The molecule has 1 heterocycles. The zero-order valence-corrected chi connectivity index (χ0v) is 19.0. The van der Waals surface area contributed by atoms with Gasteiger partial charge in [0, 0.05) is 29.2 Å². The van der Waals surface area contributed by atoms with Crippen LogP contribution in [0.5, 0.6) is 5.88 Å². The van der Waals surface area contributed by atoms with E-state index < -0.39 is 5.60 Å². The Morgan fingerprint density at radius 2 is 1.74 bits per heavy atom. The van der Waals surface area contributed by atoms with Gasteiger partial charge in [0.15, 0.2) is 5.60 Å². The van der Waals surface area contributed by atoms with Crippen LogP contribution in [-0.2, 0) is 11.2 Å². The number of aromatic nitrogens is 1. The Labute approximate surface area is 189 Å². The van der Waals surface area contributed by atoms with Gasteiger partial charge in [0.25, 0.3) is 5.91 Å². The van der Waals surface area contributed by atoms with Crippen molar-refractivity contribution in [2.45, 2.75) is 51.2 Å². The normalized spacial score (nSPS) is 14.8. The Morgan fingerprint density at radius 1 is 1.06 bits per heavy atom. The Balaban J connectivity index is 1.79. The van der Waals surface area contributed by atoms with E-state index >= 15 is 0 Å². The van der Waals surface area contributed by atoms with Gasteiger partial charge in [-0.1, -0.05) is 67.1 Å². The van der Waals surface area contributed by atoms with Gasteiger partial charge in [-0.05, 0) is 56.0 Å². The number of carbonyl (C=O) groups excluding carboxylic acids is 1. The summed E-state index contributed by atoms with van der Waals surface area (Å²) in [5, 5.41) is 3.92. The van der Waals surface area contributed by atoms with Crippen LogP contribution in [0.2, 0.25) is 5.02 Å². The van der Waals surface area contributed by atoms with Gasteiger partial charge in [-0.2, -0.15) is 0 Å². The van der Waals surface area contributed by atoms with Gasteiger partial charge in [-0.15, -0.1) is 0 Å². The Bertz CT molecular complexity index is 964. The van der Waals surface area contributed by atoms with Crippen LogP contribution in [0, 0.1) is 0 Å². The fourth-order valence-electron chi connectivity index (χ4n) is 3.54. The lowest BCUT2D eigenvalue weighted by Crippen LogP contribution is -2.52. The van der Waals surface area contributed by atoms with Crippen LogP contribution in [0.4, 0.5) is 0 Å². The zero-order valence-electron chi connectivity index (χ0n) is 18.2. The molecule has 0 fully saturated rings. The molecule has 0 spiro atoms. The highest BCUT2D eigenvalue weighted by Crippen LogP contribution is 2.27. The molecule has 1 amide bonds. The smallest absolute Gasteiger partial charge is 0.264 e. The second-order valence-corrected chi connectivity index (χ2v) is 8.40. The number of benzene rings is 2. The summed E-state index contributed by atoms with van der Waals surface area (Å²) in [6.45, 7) is 5.79. The van der Waals surface area contributed by atoms with Gasteiger partial charge in [0.1, 0.15) is 0 Å². The molecule has 3 atom stereocenters. The second-order valence-electron chi connectivity index (χ2n) is 7.96. The van der Waals surface area contributed by atoms with Gasteiger partial charge >= 0.3 is 0 Å². The number of amides is 1. The van der Waals surface area contributed by atoms with E-state index in [1.807, 2.05) is 68.4 Å². The summed E-state index contributed by atoms with van der Waals surface area (Å²) in [5.74, 6) is 0.392. The summed E-state index contributed by atoms with van der Waals surface area (Å²) in [5.41, 5.74) is 1.33. The number of nitrogens with one attached hydrogen (secondary N) is 1. The van der Waals surface area contributed by atoms with Crippen LogP contribution in [0.15, 0.2) is 79.0 Å². The topological polar surface area (TPSA) is 51.2 Å². The molecule has 3 rings (SSSR count). The van der Waals surface area contributed by atoms with Crippen molar-refractivity contribution in [2.24, 2.45) is 0 Å². The molecular formula is C26H29ClN2O2. The Kier molecular flexibility index (Phi) is 7.69. The molecule has 3 aromatic rings. The van der Waals surface area contributed by atoms with E-state index in [0.29, 0.717) is 17.3 Å². The maximum atomic E-state index is 13.3. The fourth-order valence-corrected chi connectivity index (χ4v) is 3.66. The number of hydrogen-bond donors (Lipinski definition) is 1. The van der Waals surface area contributed by atoms with Gasteiger partial charge in [0.05, 0.1) is 0 Å². The number of halogens is 1. The van der Waals surface area contributed by atoms with Crippen molar-refractivity contribution in [1.29, 1.82) is 0 Å². The SMILES string of the molecule is CCC(C)(Oc1ccccn1)C(=O)NC(C)C(Cc1ccc(Cl)cc1)c1ccccc1. The molecule has 1 N–H and O–H groups in total. The average molecular weight is 437 g/mol. The molecule has 0 aliphatic heterocycles. The lowest BCUT2D eigenvalue weighted by Gasteiger charge is -2.32. The van der Waals surface area contributed by atoms with E-state index in [2.05, 4.69) is 22.4 Å². The highest BCUT2D eigenvalue weighted by atomic mass is 35.5. The van der Waals surface area contributed by atoms with Crippen LogP contribution in [0.3, 0.4) is 0 Å². The Morgan fingerprint density at radius 3 is 2.35 bits per heavy atom. The van der Waals surface area contributed by atoms with E-state index in [-0.39, 0.29) is 17.9 Å². The van der Waals surface area contributed by atoms with Crippen LogP contribution >= 0.6 is 11.6 Å². The number of ether oxygens (including phenoxy) is 1. The van der Waals surface area contributed by atoms with Crippen molar-refractivity contribution in [3.63, 3.8) is 0 Å². The van der Waals surface area contributed by atoms with Crippen molar-refractivity contribution in [3.05, 3.63) is 95.1 Å². The monoisotopic (exact) mass is 436 g/mol. The molecule has 0 saturated carbocycles. The van der Waals surface area contributed by atoms with Crippen molar-refractivity contribution >= 4 is 17.5 Å². The van der Waals surface area contributed by atoms with Gasteiger partial charge in [0.2, 0.25) is 5.88 Å². The summed E-state index contributed by atoms with van der Waals surface area (Å²) >= 11 is 6.05. The van der Waals surface area contributed by atoms with E-state index in [0.717, 1.165) is 6.42 Å². The molecule has 0 radical (unpaired) electrons. The standard InChI is InChI=1S/C26H29ClN2O2/c1-4-26(3,31-24-12-8-9-17-28-24)25(30)29-19(2)23(21-10-6-5-7-11-21)18-20-13-15-22(27)16-14-20/h5-17,19,23H,4,18H2,1-3H3,(H,29,30). The summed E-state index contributed by atoms with van der Waals surface area (Å²) in [6, 6.07) is 23.4. The fraction of sp³-hybridized carbons (Fsp3) is 0.308. The second kappa shape index (κ2) is 10.5. The molecule has 162 valence electrons. The number of carbonyl (C=O) groups is 1. The van der Waals surface area contributed by atoms with Crippen molar-refractivity contribution in [3.8, 4) is 5.88 Å². The number of pyridine rings is 1. The third kappa shape index (κ3) is 6.08. The van der Waals surface area contributed by atoms with Crippen LogP contribution in [0.25, 0.3) is 0 Å². The highest BCUT2D eigenvalue weighted by molar-refractivity contribution is 6.30. The van der Waals surface area contributed by atoms with Crippen LogP contribution < -0.4 is 10.1 Å². The largest absolute Gasteiger partial charge is 0.461 e. The van der Waals surface area contributed by atoms with Crippen LogP contribution in [-0.4, -0.2) is 22.5 Å². The number of rotatable bonds is 9. The first-order chi connectivity index (χ1) is 14.9. The van der Waals surface area contributed by atoms with Gasteiger partial charge < -0.3 is 10.1 Å². The maximum Gasteiger partial charge on any atom is 0.264 e. The first kappa shape index (κ1) is 22.8. The summed E-state index contributed by atoms with van der Waals surface area (Å²) in [4.78, 5) is 17.5. The van der Waals surface area contributed by atoms with Gasteiger partial charge in [-0.25, -0.2) is 4.98 Å². The third-order valence-corrected chi connectivity index (χ3v) is 5.93. The van der Waals surface area contributed by atoms with Crippen molar-refractivity contribution in [2.75, 3.05) is 0 Å². The molecule has 4 nitrogen and oxygen atoms in total. The predicted molar refractivity (Wildman–Crippen MR) is 126 cm³/mol. The molecule has 0 aliphatic rings. The summed E-state index contributed by atoms with van der Waals surface area (Å²) in [7, 11) is 0. The third-order valence-electron chi connectivity index (χ3n) is 5.68. The molecule has 0 bridgehead atoms. The zero-order chi connectivity index (χ0) is 22.3. The molecule has 5 heteroatoms. The average Bonchev–Trinajstić information content (AvgIpc) is 2.79. The molecule has 0 saturated heterocycles. The van der Waals surface area contributed by atoms with E-state index in [1.54, 1.807) is 19.2 Å². The summed E-state index contributed by atoms with van der Waals surface area (Å²) in [6.07, 6.45) is 2.96. The molecule has 31 heavy (non-hydrogen) atoms. The minimum Gasteiger partial charge on any atom is -0.461 e. The minimum atomic E-state index is -1.01. The molecule has 2 aromatic carbocycles. The molecule has 3 unspecified atom stereocenters. The first-order valence-corrected chi connectivity index (χ1v) is 11.0.